The molecular weight excluding hydrogens is 611 g/mol. The van der Waals surface area contributed by atoms with E-state index in [1.54, 1.807) is 0 Å². The number of para-hydroxylation sites is 2. The Labute approximate surface area is 287 Å². The SMILES string of the molecule is CC1(C)c2ccccc2-c2ccc3c(c21)c1ccccc1n3-c1ccccc1-c1nc(-c2ccccc2)c2c(n1)-c1ccccc1[Si]2(C)C. The van der Waals surface area contributed by atoms with E-state index in [4.69, 9.17) is 9.97 Å². The molecule has 0 radical (unpaired) electrons. The Hall–Kier alpha value is -5.58. The van der Waals surface area contributed by atoms with E-state index >= 15 is 0 Å². The third kappa shape index (κ3) is 3.78. The predicted molar refractivity (Wildman–Crippen MR) is 207 cm³/mol. The highest BCUT2D eigenvalue weighted by Crippen LogP contribution is 2.53. The molecule has 0 N–H and O–H groups in total. The van der Waals surface area contributed by atoms with Crippen LogP contribution < -0.4 is 10.4 Å². The smallest absolute Gasteiger partial charge is 0.162 e. The van der Waals surface area contributed by atoms with Crippen molar-refractivity contribution in [2.24, 2.45) is 0 Å². The highest BCUT2D eigenvalue weighted by Gasteiger charge is 2.42. The van der Waals surface area contributed by atoms with Crippen molar-refractivity contribution < 1.29 is 0 Å². The maximum Gasteiger partial charge on any atom is 0.162 e. The summed E-state index contributed by atoms with van der Waals surface area (Å²) in [7, 11) is -2.05. The van der Waals surface area contributed by atoms with Crippen molar-refractivity contribution in [1.29, 1.82) is 0 Å². The molecule has 49 heavy (non-hydrogen) atoms. The van der Waals surface area contributed by atoms with Gasteiger partial charge in [-0.15, -0.1) is 0 Å². The summed E-state index contributed by atoms with van der Waals surface area (Å²) in [6.45, 7) is 9.64. The van der Waals surface area contributed by atoms with Gasteiger partial charge in [0.2, 0.25) is 0 Å². The maximum absolute atomic E-state index is 5.51. The second kappa shape index (κ2) is 9.97. The Morgan fingerprint density at radius 3 is 2.04 bits per heavy atom. The molecular formula is C45H35N3Si. The van der Waals surface area contributed by atoms with Crippen LogP contribution in [0, 0.1) is 0 Å². The molecule has 4 heteroatoms. The number of hydrogen-bond donors (Lipinski definition) is 0. The highest BCUT2D eigenvalue weighted by molar-refractivity contribution is 7.04. The largest absolute Gasteiger partial charge is 0.308 e. The minimum Gasteiger partial charge on any atom is -0.308 e. The first-order valence-electron chi connectivity index (χ1n) is 17.2. The van der Waals surface area contributed by atoms with Gasteiger partial charge in [-0.05, 0) is 62.5 Å². The number of aromatic nitrogens is 3. The first-order chi connectivity index (χ1) is 23.9. The van der Waals surface area contributed by atoms with Crippen LogP contribution in [0.1, 0.15) is 25.0 Å². The van der Waals surface area contributed by atoms with Crippen LogP contribution in [0.2, 0.25) is 13.1 Å². The Bertz CT molecular complexity index is 2660. The topological polar surface area (TPSA) is 30.7 Å². The van der Waals surface area contributed by atoms with Crippen LogP contribution in [-0.2, 0) is 5.41 Å². The molecule has 0 bridgehead atoms. The molecule has 10 rings (SSSR count). The second-order valence-corrected chi connectivity index (χ2v) is 18.9. The summed E-state index contributed by atoms with van der Waals surface area (Å²) in [5, 5.41) is 5.36. The van der Waals surface area contributed by atoms with Crippen molar-refractivity contribution in [2.45, 2.75) is 32.4 Å². The molecule has 234 valence electrons. The third-order valence-electron chi connectivity index (χ3n) is 11.2. The number of nitrogens with zero attached hydrogens (tertiary/aromatic N) is 3. The molecule has 6 aromatic carbocycles. The molecule has 3 nitrogen and oxygen atoms in total. The zero-order valence-electron chi connectivity index (χ0n) is 28.1. The molecule has 0 saturated heterocycles. The van der Waals surface area contributed by atoms with Crippen LogP contribution in [0.15, 0.2) is 140 Å². The van der Waals surface area contributed by atoms with E-state index in [-0.39, 0.29) is 5.41 Å². The van der Waals surface area contributed by atoms with Gasteiger partial charge in [0.15, 0.2) is 5.82 Å². The van der Waals surface area contributed by atoms with Gasteiger partial charge in [-0.3, -0.25) is 0 Å². The standard InChI is InChI=1S/C45H35N3Si/c1-45(2)34-22-12-8-18-29(34)30-26-27-37-39(40(30)45)31-19-9-13-23-35(31)48(37)36-24-14-10-20-32(36)44-46-41(28-16-6-5-7-17-28)43-42(47-44)33-21-11-15-25-38(33)49(43,3)4/h5-27H,1-4H3. The average molecular weight is 646 g/mol. The van der Waals surface area contributed by atoms with E-state index in [0.29, 0.717) is 0 Å². The zero-order chi connectivity index (χ0) is 33.1. The zero-order valence-corrected chi connectivity index (χ0v) is 29.1. The van der Waals surface area contributed by atoms with Crippen LogP contribution in [0.5, 0.6) is 0 Å². The van der Waals surface area contributed by atoms with Crippen molar-refractivity contribution in [3.8, 4) is 50.7 Å². The molecule has 1 aliphatic carbocycles. The van der Waals surface area contributed by atoms with E-state index in [1.807, 2.05) is 0 Å². The first kappa shape index (κ1) is 28.4. The quantitative estimate of drug-likeness (QED) is 0.179. The van der Waals surface area contributed by atoms with E-state index < -0.39 is 8.07 Å². The minimum atomic E-state index is -2.05. The highest BCUT2D eigenvalue weighted by atomic mass is 28.3. The van der Waals surface area contributed by atoms with Crippen molar-refractivity contribution in [3.63, 3.8) is 0 Å². The molecule has 3 heterocycles. The van der Waals surface area contributed by atoms with E-state index in [1.165, 1.54) is 60.0 Å². The number of rotatable bonds is 3. The summed E-state index contributed by atoms with van der Waals surface area (Å²) >= 11 is 0. The lowest BCUT2D eigenvalue weighted by Crippen LogP contribution is -2.50. The van der Waals surface area contributed by atoms with Crippen LogP contribution in [0.25, 0.3) is 72.5 Å². The van der Waals surface area contributed by atoms with Gasteiger partial charge in [0.1, 0.15) is 8.07 Å². The maximum atomic E-state index is 5.51. The lowest BCUT2D eigenvalue weighted by Gasteiger charge is -2.23. The fourth-order valence-electron chi connectivity index (χ4n) is 8.99. The lowest BCUT2D eigenvalue weighted by atomic mass is 9.80. The van der Waals surface area contributed by atoms with E-state index in [9.17, 15) is 0 Å². The van der Waals surface area contributed by atoms with Crippen LogP contribution in [0.4, 0.5) is 0 Å². The number of benzene rings is 6. The lowest BCUT2D eigenvalue weighted by molar-refractivity contribution is 0.666. The van der Waals surface area contributed by atoms with Crippen LogP contribution in [-0.4, -0.2) is 22.6 Å². The van der Waals surface area contributed by atoms with Crippen molar-refractivity contribution in [1.82, 2.24) is 14.5 Å². The Balaban J connectivity index is 1.28. The van der Waals surface area contributed by atoms with Crippen LogP contribution in [0.3, 0.4) is 0 Å². The van der Waals surface area contributed by atoms with Gasteiger partial charge in [0.05, 0.1) is 28.1 Å². The van der Waals surface area contributed by atoms with Gasteiger partial charge < -0.3 is 4.57 Å². The summed E-state index contributed by atoms with van der Waals surface area (Å²) in [6, 6.07) is 50.7. The molecule has 0 unspecified atom stereocenters. The Morgan fingerprint density at radius 2 is 1.20 bits per heavy atom. The Kier molecular flexibility index (Phi) is 5.79. The number of hydrogen-bond acceptors (Lipinski definition) is 2. The number of fused-ring (bicyclic) bond motifs is 10. The van der Waals surface area contributed by atoms with Crippen molar-refractivity contribution >= 4 is 40.3 Å². The summed E-state index contributed by atoms with van der Waals surface area (Å²) in [5.74, 6) is 0.759. The van der Waals surface area contributed by atoms with Gasteiger partial charge in [-0.2, -0.15) is 0 Å². The Morgan fingerprint density at radius 1 is 0.551 bits per heavy atom. The molecule has 0 amide bonds. The predicted octanol–water partition coefficient (Wildman–Crippen LogP) is 10.0. The molecule has 0 spiro atoms. The van der Waals surface area contributed by atoms with Crippen molar-refractivity contribution in [2.75, 3.05) is 0 Å². The second-order valence-electron chi connectivity index (χ2n) is 14.6. The summed E-state index contributed by atoms with van der Waals surface area (Å²) in [5.41, 5.74) is 14.4. The van der Waals surface area contributed by atoms with Gasteiger partial charge >= 0.3 is 0 Å². The van der Waals surface area contributed by atoms with Crippen molar-refractivity contribution in [3.05, 3.63) is 151 Å². The molecule has 8 aromatic rings. The monoisotopic (exact) mass is 645 g/mol. The third-order valence-corrected chi connectivity index (χ3v) is 14.7. The summed E-state index contributed by atoms with van der Waals surface area (Å²) in [4.78, 5) is 11.0. The van der Waals surface area contributed by atoms with E-state index in [0.717, 1.165) is 34.0 Å². The van der Waals surface area contributed by atoms with Gasteiger partial charge in [-0.25, -0.2) is 9.97 Å². The van der Waals surface area contributed by atoms with Gasteiger partial charge in [-0.1, -0.05) is 142 Å². The summed E-state index contributed by atoms with van der Waals surface area (Å²) < 4.78 is 2.45. The molecule has 2 aliphatic rings. The molecule has 0 atom stereocenters. The average Bonchev–Trinajstić information content (AvgIpc) is 3.68. The van der Waals surface area contributed by atoms with Gasteiger partial charge in [0.25, 0.3) is 0 Å². The fourth-order valence-corrected chi connectivity index (χ4v) is 12.2. The molecule has 0 fully saturated rings. The van der Waals surface area contributed by atoms with E-state index in [2.05, 4.69) is 171 Å². The summed E-state index contributed by atoms with van der Waals surface area (Å²) in [6.07, 6.45) is 0. The van der Waals surface area contributed by atoms with Gasteiger partial charge in [0, 0.05) is 27.3 Å². The first-order valence-corrected chi connectivity index (χ1v) is 20.2. The molecule has 2 aromatic heterocycles. The fraction of sp³-hybridized carbons (Fsp3) is 0.111. The minimum absolute atomic E-state index is 0.127. The molecule has 1 aliphatic heterocycles. The normalized spacial score (nSPS) is 14.9. The molecule has 0 saturated carbocycles. The van der Waals surface area contributed by atoms with Crippen LogP contribution >= 0.6 is 0 Å².